The van der Waals surface area contributed by atoms with E-state index in [2.05, 4.69) is 20.1 Å². The van der Waals surface area contributed by atoms with Crippen molar-refractivity contribution in [2.24, 2.45) is 4.99 Å². The van der Waals surface area contributed by atoms with E-state index in [1.165, 1.54) is 64.6 Å². The minimum atomic E-state index is 0. The highest BCUT2D eigenvalue weighted by Gasteiger charge is 2.24. The van der Waals surface area contributed by atoms with Gasteiger partial charge in [0.2, 0.25) is 0 Å². The molecule has 7 heteroatoms. The topological polar surface area (TPSA) is 49.3 Å². The van der Waals surface area contributed by atoms with Crippen LogP contribution in [0, 0.1) is 0 Å². The number of hydrogen-bond donors (Lipinski definition) is 1. The number of halogens is 1. The SMILES string of the molecule is CN=C(NCCCCCN1CCCCC1)N1CCC(OCC2CCCO2)CC1.I. The number of hydrogen-bond acceptors (Lipinski definition) is 4. The van der Waals surface area contributed by atoms with Gasteiger partial charge in [-0.1, -0.05) is 12.8 Å². The normalized spacial score (nSPS) is 24.5. The zero-order valence-corrected chi connectivity index (χ0v) is 20.8. The van der Waals surface area contributed by atoms with Crippen molar-refractivity contribution >= 4 is 29.9 Å². The van der Waals surface area contributed by atoms with Crippen LogP contribution in [0.5, 0.6) is 0 Å². The van der Waals surface area contributed by atoms with Gasteiger partial charge in [-0.25, -0.2) is 0 Å². The minimum Gasteiger partial charge on any atom is -0.376 e. The molecule has 1 unspecified atom stereocenters. The van der Waals surface area contributed by atoms with Gasteiger partial charge in [-0.05, 0) is 71.0 Å². The van der Waals surface area contributed by atoms with Gasteiger partial charge in [-0.2, -0.15) is 0 Å². The molecule has 3 saturated heterocycles. The van der Waals surface area contributed by atoms with Gasteiger partial charge in [-0.15, -0.1) is 24.0 Å². The summed E-state index contributed by atoms with van der Waals surface area (Å²) in [7, 11) is 1.90. The van der Waals surface area contributed by atoms with Gasteiger partial charge < -0.3 is 24.6 Å². The zero-order chi connectivity index (χ0) is 19.4. The lowest BCUT2D eigenvalue weighted by molar-refractivity contribution is -0.0367. The zero-order valence-electron chi connectivity index (χ0n) is 18.4. The van der Waals surface area contributed by atoms with E-state index in [1.807, 2.05) is 7.05 Å². The van der Waals surface area contributed by atoms with E-state index < -0.39 is 0 Å². The van der Waals surface area contributed by atoms with E-state index in [-0.39, 0.29) is 24.0 Å². The van der Waals surface area contributed by atoms with E-state index in [0.29, 0.717) is 12.2 Å². The summed E-state index contributed by atoms with van der Waals surface area (Å²) in [6.07, 6.45) is 13.3. The quantitative estimate of drug-likeness (QED) is 0.218. The molecule has 0 aromatic rings. The second-order valence-electron chi connectivity index (χ2n) is 8.59. The molecule has 1 N–H and O–H groups in total. The van der Waals surface area contributed by atoms with Crippen LogP contribution in [-0.2, 0) is 9.47 Å². The molecule has 3 heterocycles. The molecule has 3 fully saturated rings. The van der Waals surface area contributed by atoms with Crippen LogP contribution in [0.25, 0.3) is 0 Å². The number of likely N-dealkylation sites (tertiary alicyclic amines) is 2. The molecule has 0 amide bonds. The lowest BCUT2D eigenvalue weighted by Crippen LogP contribution is -2.47. The van der Waals surface area contributed by atoms with Crippen LogP contribution in [0.4, 0.5) is 0 Å². The van der Waals surface area contributed by atoms with Crippen molar-refractivity contribution in [1.29, 1.82) is 0 Å². The second kappa shape index (κ2) is 14.8. The summed E-state index contributed by atoms with van der Waals surface area (Å²) in [6, 6.07) is 0. The molecule has 6 nitrogen and oxygen atoms in total. The summed E-state index contributed by atoms with van der Waals surface area (Å²) >= 11 is 0. The van der Waals surface area contributed by atoms with Gasteiger partial charge in [0.15, 0.2) is 5.96 Å². The van der Waals surface area contributed by atoms with Gasteiger partial charge in [0, 0.05) is 33.3 Å². The molecular formula is C22H43IN4O2. The second-order valence-corrected chi connectivity index (χ2v) is 8.59. The fourth-order valence-corrected chi connectivity index (χ4v) is 4.61. The Morgan fingerprint density at radius 3 is 2.48 bits per heavy atom. The fourth-order valence-electron chi connectivity index (χ4n) is 4.61. The van der Waals surface area contributed by atoms with Crippen LogP contribution in [0.3, 0.4) is 0 Å². The summed E-state index contributed by atoms with van der Waals surface area (Å²) in [6.45, 7) is 8.70. The average Bonchev–Trinajstić information content (AvgIpc) is 3.27. The van der Waals surface area contributed by atoms with Crippen molar-refractivity contribution in [3.63, 3.8) is 0 Å². The molecule has 0 bridgehead atoms. The Hall–Kier alpha value is -0.120. The molecule has 0 spiro atoms. The molecule has 0 aliphatic carbocycles. The Kier molecular flexibility index (Phi) is 12.8. The predicted molar refractivity (Wildman–Crippen MR) is 130 cm³/mol. The standard InChI is InChI=1S/C22H42N4O2.HI/c1-23-22(24-12-4-2-5-13-25-14-6-3-7-15-25)26-16-10-20(11-17-26)28-19-21-9-8-18-27-21;/h20-21H,2-19H2,1H3,(H,23,24);1H. The number of unbranched alkanes of at least 4 members (excludes halogenated alkanes) is 2. The van der Waals surface area contributed by atoms with E-state index >= 15 is 0 Å². The van der Waals surface area contributed by atoms with Crippen LogP contribution >= 0.6 is 24.0 Å². The van der Waals surface area contributed by atoms with Crippen molar-refractivity contribution < 1.29 is 9.47 Å². The first-order valence-electron chi connectivity index (χ1n) is 11.8. The molecule has 3 aliphatic rings. The Bertz CT molecular complexity index is 446. The number of nitrogens with one attached hydrogen (secondary N) is 1. The Balaban J connectivity index is 0.00000300. The number of nitrogens with zero attached hydrogens (tertiary/aromatic N) is 3. The van der Waals surface area contributed by atoms with Gasteiger partial charge in [0.1, 0.15) is 0 Å². The maximum Gasteiger partial charge on any atom is 0.193 e. The van der Waals surface area contributed by atoms with Crippen molar-refractivity contribution in [2.45, 2.75) is 76.4 Å². The molecule has 0 aromatic carbocycles. The van der Waals surface area contributed by atoms with E-state index in [4.69, 9.17) is 9.47 Å². The molecule has 3 aliphatic heterocycles. The third-order valence-corrected chi connectivity index (χ3v) is 6.38. The lowest BCUT2D eigenvalue weighted by atomic mass is 10.1. The average molecular weight is 523 g/mol. The van der Waals surface area contributed by atoms with Crippen LogP contribution < -0.4 is 5.32 Å². The first kappa shape index (κ1) is 25.1. The van der Waals surface area contributed by atoms with Gasteiger partial charge in [0.25, 0.3) is 0 Å². The van der Waals surface area contributed by atoms with Gasteiger partial charge >= 0.3 is 0 Å². The minimum absolute atomic E-state index is 0. The lowest BCUT2D eigenvalue weighted by Gasteiger charge is -2.34. The highest BCUT2D eigenvalue weighted by Crippen LogP contribution is 2.18. The van der Waals surface area contributed by atoms with Crippen LogP contribution in [0.2, 0.25) is 0 Å². The molecule has 0 radical (unpaired) electrons. The predicted octanol–water partition coefficient (Wildman–Crippen LogP) is 3.50. The number of aliphatic imine (C=N–C) groups is 1. The number of ether oxygens (including phenoxy) is 2. The maximum absolute atomic E-state index is 6.09. The molecule has 3 rings (SSSR count). The molecule has 1 atom stereocenters. The van der Waals surface area contributed by atoms with Gasteiger partial charge in [0.05, 0.1) is 18.8 Å². The third-order valence-electron chi connectivity index (χ3n) is 6.38. The summed E-state index contributed by atoms with van der Waals surface area (Å²) in [5, 5.41) is 3.57. The molecule has 170 valence electrons. The monoisotopic (exact) mass is 522 g/mol. The van der Waals surface area contributed by atoms with Crippen molar-refractivity contribution in [3.05, 3.63) is 0 Å². The first-order chi connectivity index (χ1) is 13.8. The Morgan fingerprint density at radius 1 is 1.00 bits per heavy atom. The third kappa shape index (κ3) is 9.27. The molecule has 29 heavy (non-hydrogen) atoms. The molecular weight excluding hydrogens is 479 g/mol. The maximum atomic E-state index is 6.09. The highest BCUT2D eigenvalue weighted by atomic mass is 127. The fraction of sp³-hybridized carbons (Fsp3) is 0.955. The summed E-state index contributed by atoms with van der Waals surface area (Å²) < 4.78 is 11.7. The van der Waals surface area contributed by atoms with Crippen molar-refractivity contribution in [1.82, 2.24) is 15.1 Å². The van der Waals surface area contributed by atoms with E-state index in [9.17, 15) is 0 Å². The van der Waals surface area contributed by atoms with Crippen LogP contribution in [0.15, 0.2) is 4.99 Å². The number of piperidine rings is 2. The number of guanidine groups is 1. The summed E-state index contributed by atoms with van der Waals surface area (Å²) in [5.41, 5.74) is 0. The number of rotatable bonds is 9. The van der Waals surface area contributed by atoms with Crippen molar-refractivity contribution in [3.8, 4) is 0 Å². The Labute approximate surface area is 195 Å². The largest absolute Gasteiger partial charge is 0.376 e. The highest BCUT2D eigenvalue weighted by molar-refractivity contribution is 14.0. The Morgan fingerprint density at radius 2 is 1.79 bits per heavy atom. The smallest absolute Gasteiger partial charge is 0.193 e. The summed E-state index contributed by atoms with van der Waals surface area (Å²) in [4.78, 5) is 9.53. The van der Waals surface area contributed by atoms with Crippen LogP contribution in [-0.4, -0.2) is 87.5 Å². The summed E-state index contributed by atoms with van der Waals surface area (Å²) in [5.74, 6) is 1.06. The van der Waals surface area contributed by atoms with E-state index in [0.717, 1.165) is 58.1 Å². The van der Waals surface area contributed by atoms with Gasteiger partial charge in [-0.3, -0.25) is 4.99 Å². The van der Waals surface area contributed by atoms with E-state index in [1.54, 1.807) is 0 Å². The first-order valence-corrected chi connectivity index (χ1v) is 11.8. The molecule has 0 aromatic heterocycles. The van der Waals surface area contributed by atoms with Crippen LogP contribution in [0.1, 0.15) is 64.2 Å². The molecule has 0 saturated carbocycles. The van der Waals surface area contributed by atoms with Crippen molar-refractivity contribution in [2.75, 3.05) is 59.5 Å².